The summed E-state index contributed by atoms with van der Waals surface area (Å²) in [7, 11) is 0. The minimum atomic E-state index is -0.552. The van der Waals surface area contributed by atoms with Crippen molar-refractivity contribution < 1.29 is 23.9 Å². The third kappa shape index (κ3) is 13.9. The lowest BCUT2D eigenvalue weighted by atomic mass is 10.2. The Kier molecular flexibility index (Phi) is 8.69. The monoisotopic (exact) mass is 352 g/mol. The summed E-state index contributed by atoms with van der Waals surface area (Å²) in [5, 5.41) is 0. The van der Waals surface area contributed by atoms with Crippen molar-refractivity contribution in [2.24, 2.45) is 0 Å². The van der Waals surface area contributed by atoms with Crippen LogP contribution in [0.25, 0.3) is 0 Å². The summed E-state index contributed by atoms with van der Waals surface area (Å²) >= 11 is 1.83. The van der Waals surface area contributed by atoms with Crippen molar-refractivity contribution in [3.63, 3.8) is 0 Å². The van der Waals surface area contributed by atoms with E-state index in [2.05, 4.69) is 9.44 Å². The summed E-state index contributed by atoms with van der Waals surface area (Å²) in [6.45, 7) is 10.6. The van der Waals surface area contributed by atoms with E-state index in [9.17, 15) is 14.4 Å². The molecule has 22 heavy (non-hydrogen) atoms. The van der Waals surface area contributed by atoms with Crippen molar-refractivity contribution in [2.75, 3.05) is 11.5 Å². The van der Waals surface area contributed by atoms with E-state index in [4.69, 9.17) is 9.47 Å². The predicted molar refractivity (Wildman–Crippen MR) is 88.3 cm³/mol. The summed E-state index contributed by atoms with van der Waals surface area (Å²) in [4.78, 5) is 34.2. The number of nitrogens with one attached hydrogen (secondary N) is 2. The van der Waals surface area contributed by atoms with E-state index < -0.39 is 29.2 Å². The van der Waals surface area contributed by atoms with Crippen LogP contribution in [0.15, 0.2) is 0 Å². The molecule has 0 radical (unpaired) electrons. The van der Waals surface area contributed by atoms with Gasteiger partial charge in [-0.1, -0.05) is 0 Å². The highest BCUT2D eigenvalue weighted by atomic mass is 32.2. The van der Waals surface area contributed by atoms with Crippen LogP contribution in [0.1, 0.15) is 41.5 Å². The van der Waals surface area contributed by atoms with Crippen molar-refractivity contribution >= 4 is 41.9 Å². The zero-order valence-corrected chi connectivity index (χ0v) is 15.4. The van der Waals surface area contributed by atoms with E-state index in [0.29, 0.717) is 0 Å². The van der Waals surface area contributed by atoms with E-state index >= 15 is 0 Å². The molecule has 0 aliphatic heterocycles. The van der Waals surface area contributed by atoms with E-state index in [1.165, 1.54) is 0 Å². The number of hydrogen-bond acceptors (Lipinski definition) is 7. The highest BCUT2D eigenvalue weighted by Gasteiger charge is 2.17. The van der Waals surface area contributed by atoms with E-state index in [1.807, 2.05) is 0 Å². The third-order valence-corrected chi connectivity index (χ3v) is 2.97. The quantitative estimate of drug-likeness (QED) is 0.559. The number of urea groups is 1. The van der Waals surface area contributed by atoms with Gasteiger partial charge in [0.05, 0.1) is 0 Å². The summed E-state index contributed by atoms with van der Waals surface area (Å²) in [6.07, 6.45) is 0. The Morgan fingerprint density at radius 3 is 1.36 bits per heavy atom. The average Bonchev–Trinajstić information content (AvgIpc) is 2.23. The number of ether oxygens (including phenoxy) is 2. The number of hydrogen-bond donors (Lipinski definition) is 2. The first-order valence-electron chi connectivity index (χ1n) is 6.62. The molecule has 0 bridgehead atoms. The normalized spacial score (nSPS) is 11.5. The van der Waals surface area contributed by atoms with Crippen molar-refractivity contribution in [2.45, 2.75) is 52.7 Å². The van der Waals surface area contributed by atoms with Crippen LogP contribution in [-0.4, -0.2) is 40.7 Å². The molecular formula is C13H24N2O5S2. The van der Waals surface area contributed by atoms with Crippen LogP contribution in [0.3, 0.4) is 0 Å². The fourth-order valence-corrected chi connectivity index (χ4v) is 2.01. The number of carbonyl (C=O) groups excluding carboxylic acids is 3. The molecule has 0 aromatic heterocycles. The Bertz CT molecular complexity index is 366. The average molecular weight is 352 g/mol. The number of esters is 2. The molecule has 0 aliphatic rings. The number of amides is 2. The van der Waals surface area contributed by atoms with Crippen LogP contribution in [0.2, 0.25) is 0 Å². The lowest BCUT2D eigenvalue weighted by molar-refractivity contribution is -0.152. The van der Waals surface area contributed by atoms with E-state index in [0.717, 1.165) is 23.9 Å². The maximum Gasteiger partial charge on any atom is 0.334 e. The van der Waals surface area contributed by atoms with Gasteiger partial charge in [-0.3, -0.25) is 19.0 Å². The second-order valence-corrected chi connectivity index (χ2v) is 7.85. The zero-order valence-electron chi connectivity index (χ0n) is 13.8. The van der Waals surface area contributed by atoms with Gasteiger partial charge < -0.3 is 9.47 Å². The maximum atomic E-state index is 11.4. The minimum Gasteiger partial charge on any atom is -0.459 e. The van der Waals surface area contributed by atoms with Gasteiger partial charge in [-0.2, -0.15) is 0 Å². The first-order valence-corrected chi connectivity index (χ1v) is 8.59. The topological polar surface area (TPSA) is 93.7 Å². The maximum absolute atomic E-state index is 11.4. The molecule has 7 nitrogen and oxygen atoms in total. The molecule has 0 aromatic carbocycles. The van der Waals surface area contributed by atoms with Crippen molar-refractivity contribution in [3.8, 4) is 0 Å². The van der Waals surface area contributed by atoms with Gasteiger partial charge in [-0.25, -0.2) is 4.79 Å². The largest absolute Gasteiger partial charge is 0.459 e. The number of rotatable bonds is 6. The van der Waals surface area contributed by atoms with Crippen LogP contribution in [0.5, 0.6) is 0 Å². The number of carbonyl (C=O) groups is 3. The highest BCUT2D eigenvalue weighted by molar-refractivity contribution is 7.99. The zero-order chi connectivity index (χ0) is 17.4. The molecule has 0 heterocycles. The summed E-state index contributed by atoms with van der Waals surface area (Å²) in [5.41, 5.74) is -1.10. The summed E-state index contributed by atoms with van der Waals surface area (Å²) in [5.74, 6) is -0.832. The second kappa shape index (κ2) is 9.14. The van der Waals surface area contributed by atoms with Gasteiger partial charge in [0.2, 0.25) is 0 Å². The SMILES string of the molecule is CC(C)(C)OC(=O)CSNC(=O)NSCC(=O)OC(C)(C)C. The molecule has 0 unspecified atom stereocenters. The molecule has 0 saturated carbocycles. The molecule has 9 heteroatoms. The molecule has 0 fully saturated rings. The molecule has 0 atom stereocenters. The lowest BCUT2D eigenvalue weighted by Crippen LogP contribution is -2.31. The molecule has 0 saturated heterocycles. The van der Waals surface area contributed by atoms with Crippen LogP contribution in [0.4, 0.5) is 4.79 Å². The van der Waals surface area contributed by atoms with Crippen molar-refractivity contribution in [3.05, 3.63) is 0 Å². The summed E-state index contributed by atoms with van der Waals surface area (Å²) in [6, 6.07) is -0.512. The lowest BCUT2D eigenvalue weighted by Gasteiger charge is -2.19. The molecule has 2 N–H and O–H groups in total. The van der Waals surface area contributed by atoms with Gasteiger partial charge in [0.1, 0.15) is 22.7 Å². The molecule has 2 amide bonds. The van der Waals surface area contributed by atoms with Crippen molar-refractivity contribution in [1.29, 1.82) is 0 Å². The smallest absolute Gasteiger partial charge is 0.334 e. The first-order chi connectivity index (χ1) is 9.89. The van der Waals surface area contributed by atoms with Crippen LogP contribution < -0.4 is 9.44 Å². The Labute approximate surface area is 139 Å². The van der Waals surface area contributed by atoms with Gasteiger partial charge in [0.15, 0.2) is 0 Å². The minimum absolute atomic E-state index is 0.00141. The van der Waals surface area contributed by atoms with Gasteiger partial charge in [0, 0.05) is 0 Å². The molecule has 0 aromatic rings. The third-order valence-electron chi connectivity index (χ3n) is 1.55. The fourth-order valence-electron chi connectivity index (χ4n) is 1.08. The van der Waals surface area contributed by atoms with Crippen LogP contribution in [-0.2, 0) is 19.1 Å². The van der Waals surface area contributed by atoms with Gasteiger partial charge >= 0.3 is 18.0 Å². The fraction of sp³-hybridized carbons (Fsp3) is 0.769. The molecule has 0 spiro atoms. The Balaban J connectivity index is 3.75. The van der Waals surface area contributed by atoms with Gasteiger partial charge in [-0.15, -0.1) is 0 Å². The van der Waals surface area contributed by atoms with Gasteiger partial charge in [0.25, 0.3) is 0 Å². The molecule has 0 rings (SSSR count). The van der Waals surface area contributed by atoms with E-state index in [-0.39, 0.29) is 11.5 Å². The van der Waals surface area contributed by atoms with Gasteiger partial charge in [-0.05, 0) is 65.4 Å². The second-order valence-electron chi connectivity index (χ2n) is 6.28. The molecule has 128 valence electrons. The highest BCUT2D eigenvalue weighted by Crippen LogP contribution is 2.10. The van der Waals surface area contributed by atoms with Crippen LogP contribution in [0, 0.1) is 0 Å². The molecule has 0 aliphatic carbocycles. The standard InChI is InChI=1S/C13H24N2O5S2/c1-12(2,3)19-9(16)7-21-14-11(18)15-22-8-10(17)20-13(4,5)6/h7-8H2,1-6H3,(H2,14,15,18). The summed E-state index contributed by atoms with van der Waals surface area (Å²) < 4.78 is 15.0. The first kappa shape index (κ1) is 20.9. The van der Waals surface area contributed by atoms with Crippen LogP contribution >= 0.6 is 23.9 Å². The Hall–Kier alpha value is -1.09. The Morgan fingerprint density at radius 2 is 1.09 bits per heavy atom. The predicted octanol–water partition coefficient (Wildman–Crippen LogP) is 2.27. The van der Waals surface area contributed by atoms with E-state index in [1.54, 1.807) is 41.5 Å². The Morgan fingerprint density at radius 1 is 0.773 bits per heavy atom. The van der Waals surface area contributed by atoms with Crippen molar-refractivity contribution in [1.82, 2.24) is 9.44 Å². The molecular weight excluding hydrogens is 328 g/mol.